The molecule has 0 unspecified atom stereocenters. The smallest absolute Gasteiger partial charge is 0.351 e. The van der Waals surface area contributed by atoms with Crippen LogP contribution in [0.4, 0.5) is 0 Å². The molecule has 4 rings (SSSR count). The van der Waals surface area contributed by atoms with E-state index in [1.54, 1.807) is 0 Å². The van der Waals surface area contributed by atoms with Gasteiger partial charge in [0.05, 0.1) is 20.0 Å². The Hall–Kier alpha value is -2.75. The Kier molecular flexibility index (Phi) is 5.12. The summed E-state index contributed by atoms with van der Waals surface area (Å²) < 4.78 is 16.5. The van der Waals surface area contributed by atoms with Crippen molar-refractivity contribution in [2.75, 3.05) is 13.7 Å². The molecule has 0 saturated heterocycles. The first-order valence-corrected chi connectivity index (χ1v) is 9.87. The Morgan fingerprint density at radius 1 is 1.29 bits per heavy atom. The van der Waals surface area contributed by atoms with Gasteiger partial charge in [0.25, 0.3) is 0 Å². The minimum atomic E-state index is -0.830. The molecule has 1 atom stereocenters. The van der Waals surface area contributed by atoms with Crippen molar-refractivity contribution >= 4 is 5.97 Å². The lowest BCUT2D eigenvalue weighted by atomic mass is 9.85. The summed E-state index contributed by atoms with van der Waals surface area (Å²) in [5, 5.41) is 0. The SMILES string of the molecule is C=CO[C@H](C(=O)OC)c1c(C)ccc(C2CC2)c1-c1ccc2c(c1)CCCO2. The predicted molar refractivity (Wildman–Crippen MR) is 108 cm³/mol. The lowest BCUT2D eigenvalue weighted by Crippen LogP contribution is -2.18. The van der Waals surface area contributed by atoms with Gasteiger partial charge >= 0.3 is 5.97 Å². The second-order valence-corrected chi connectivity index (χ2v) is 7.52. The van der Waals surface area contributed by atoms with E-state index in [4.69, 9.17) is 14.2 Å². The number of esters is 1. The van der Waals surface area contributed by atoms with Gasteiger partial charge in [-0.3, -0.25) is 0 Å². The van der Waals surface area contributed by atoms with Gasteiger partial charge in [0.15, 0.2) is 0 Å². The highest BCUT2D eigenvalue weighted by Gasteiger charge is 2.33. The maximum Gasteiger partial charge on any atom is 0.351 e. The van der Waals surface area contributed by atoms with Crippen LogP contribution >= 0.6 is 0 Å². The van der Waals surface area contributed by atoms with Crippen LogP contribution in [0, 0.1) is 6.92 Å². The van der Waals surface area contributed by atoms with E-state index in [0.29, 0.717) is 5.92 Å². The summed E-state index contributed by atoms with van der Waals surface area (Å²) >= 11 is 0. The average Bonchev–Trinajstić information content (AvgIpc) is 3.56. The van der Waals surface area contributed by atoms with Crippen molar-refractivity contribution in [3.63, 3.8) is 0 Å². The van der Waals surface area contributed by atoms with Gasteiger partial charge in [0.2, 0.25) is 6.10 Å². The van der Waals surface area contributed by atoms with Gasteiger partial charge in [0.1, 0.15) is 5.75 Å². The van der Waals surface area contributed by atoms with Gasteiger partial charge < -0.3 is 14.2 Å². The van der Waals surface area contributed by atoms with Crippen LogP contribution in [-0.4, -0.2) is 19.7 Å². The Morgan fingerprint density at radius 2 is 2.11 bits per heavy atom. The second kappa shape index (κ2) is 7.70. The predicted octanol–water partition coefficient (Wildman–Crippen LogP) is 5.24. The van der Waals surface area contributed by atoms with Crippen molar-refractivity contribution in [1.29, 1.82) is 0 Å². The minimum Gasteiger partial charge on any atom is -0.493 e. The summed E-state index contributed by atoms with van der Waals surface area (Å²) in [6, 6.07) is 10.6. The van der Waals surface area contributed by atoms with Gasteiger partial charge in [-0.1, -0.05) is 24.8 Å². The zero-order valence-electron chi connectivity index (χ0n) is 16.5. The molecule has 0 spiro atoms. The zero-order chi connectivity index (χ0) is 19.7. The number of carbonyl (C=O) groups excluding carboxylic acids is 1. The second-order valence-electron chi connectivity index (χ2n) is 7.52. The Balaban J connectivity index is 1.92. The fourth-order valence-electron chi connectivity index (χ4n) is 4.10. The molecule has 28 heavy (non-hydrogen) atoms. The van der Waals surface area contributed by atoms with Crippen molar-refractivity contribution in [3.05, 3.63) is 65.4 Å². The fourth-order valence-corrected chi connectivity index (χ4v) is 4.10. The Morgan fingerprint density at radius 3 is 2.82 bits per heavy atom. The number of aryl methyl sites for hydroxylation is 2. The summed E-state index contributed by atoms with van der Waals surface area (Å²) in [6.45, 7) is 6.44. The third-order valence-corrected chi connectivity index (χ3v) is 5.62. The van der Waals surface area contributed by atoms with Crippen molar-refractivity contribution in [1.82, 2.24) is 0 Å². The monoisotopic (exact) mass is 378 g/mol. The first-order valence-electron chi connectivity index (χ1n) is 9.87. The number of methoxy groups -OCH3 is 1. The summed E-state index contributed by atoms with van der Waals surface area (Å²) in [5.74, 6) is 1.08. The number of hydrogen-bond acceptors (Lipinski definition) is 4. The van der Waals surface area contributed by atoms with Gasteiger partial charge in [-0.15, -0.1) is 0 Å². The molecule has 2 aromatic rings. The molecule has 0 N–H and O–H groups in total. The number of benzene rings is 2. The van der Waals surface area contributed by atoms with Gasteiger partial charge in [-0.05, 0) is 78.5 Å². The third kappa shape index (κ3) is 3.39. The first kappa shape index (κ1) is 18.6. The molecule has 0 bridgehead atoms. The van der Waals surface area contributed by atoms with E-state index < -0.39 is 12.1 Å². The van der Waals surface area contributed by atoms with Crippen molar-refractivity contribution in [2.45, 2.75) is 44.6 Å². The van der Waals surface area contributed by atoms with E-state index in [-0.39, 0.29) is 0 Å². The molecular formula is C24H26O4. The lowest BCUT2D eigenvalue weighted by Gasteiger charge is -2.24. The molecule has 2 aromatic carbocycles. The quantitative estimate of drug-likeness (QED) is 0.509. The Labute approximate surface area is 166 Å². The van der Waals surface area contributed by atoms with E-state index in [1.807, 2.05) is 13.0 Å². The van der Waals surface area contributed by atoms with Crippen molar-refractivity contribution in [2.24, 2.45) is 0 Å². The van der Waals surface area contributed by atoms with Crippen LogP contribution in [0.25, 0.3) is 11.1 Å². The van der Waals surface area contributed by atoms with Crippen LogP contribution in [0.15, 0.2) is 43.2 Å². The van der Waals surface area contributed by atoms with E-state index in [1.165, 1.54) is 37.3 Å². The number of fused-ring (bicyclic) bond motifs is 1. The summed E-state index contributed by atoms with van der Waals surface area (Å²) in [7, 11) is 1.39. The van der Waals surface area contributed by atoms with E-state index >= 15 is 0 Å². The first-order chi connectivity index (χ1) is 13.6. The minimum absolute atomic E-state index is 0.418. The number of carbonyl (C=O) groups is 1. The molecule has 1 saturated carbocycles. The number of hydrogen-bond donors (Lipinski definition) is 0. The largest absolute Gasteiger partial charge is 0.493 e. The van der Waals surface area contributed by atoms with Gasteiger partial charge in [0, 0.05) is 5.56 Å². The summed E-state index contributed by atoms with van der Waals surface area (Å²) in [5.41, 5.74) is 6.56. The number of rotatable bonds is 6. The van der Waals surface area contributed by atoms with Gasteiger partial charge in [-0.25, -0.2) is 4.79 Å². The molecule has 2 aliphatic rings. The van der Waals surface area contributed by atoms with Crippen LogP contribution in [0.2, 0.25) is 0 Å². The van der Waals surface area contributed by atoms with Crippen molar-refractivity contribution in [3.8, 4) is 16.9 Å². The van der Waals surface area contributed by atoms with E-state index in [2.05, 4.69) is 30.8 Å². The topological polar surface area (TPSA) is 44.8 Å². The van der Waals surface area contributed by atoms with Crippen molar-refractivity contribution < 1.29 is 19.0 Å². The molecule has 0 radical (unpaired) electrons. The molecular weight excluding hydrogens is 352 g/mol. The summed E-state index contributed by atoms with van der Waals surface area (Å²) in [6.07, 6.45) is 4.87. The lowest BCUT2D eigenvalue weighted by molar-refractivity contribution is -0.151. The van der Waals surface area contributed by atoms with Crippen LogP contribution in [0.1, 0.15) is 53.5 Å². The molecule has 0 amide bonds. The highest BCUT2D eigenvalue weighted by atomic mass is 16.6. The molecule has 1 aliphatic heterocycles. The van der Waals surface area contributed by atoms with Crippen LogP contribution in [0.3, 0.4) is 0 Å². The molecule has 4 nitrogen and oxygen atoms in total. The van der Waals surface area contributed by atoms with Gasteiger partial charge in [-0.2, -0.15) is 0 Å². The zero-order valence-corrected chi connectivity index (χ0v) is 16.5. The Bertz CT molecular complexity index is 911. The summed E-state index contributed by atoms with van der Waals surface area (Å²) in [4.78, 5) is 12.6. The number of ether oxygens (including phenoxy) is 3. The molecule has 146 valence electrons. The third-order valence-electron chi connectivity index (χ3n) is 5.62. The highest BCUT2D eigenvalue weighted by molar-refractivity contribution is 5.84. The average molecular weight is 378 g/mol. The van der Waals surface area contributed by atoms with Crippen LogP contribution < -0.4 is 4.74 Å². The normalized spacial score (nSPS) is 16.5. The molecule has 1 heterocycles. The van der Waals surface area contributed by atoms with E-state index in [0.717, 1.165) is 47.5 Å². The highest BCUT2D eigenvalue weighted by Crippen LogP contribution is 2.48. The standard InChI is InChI=1S/C24H26O4/c1-4-27-23(24(25)26-3)21-15(2)7-11-19(16-8-9-16)22(21)18-10-12-20-17(14-18)6-5-13-28-20/h4,7,10-12,14,16,23H,1,5-6,8-9,13H2,2-3H3/t23-/m0/s1. The molecule has 1 aliphatic carbocycles. The fraction of sp³-hybridized carbons (Fsp3) is 0.375. The molecule has 1 fully saturated rings. The molecule has 4 heteroatoms. The maximum absolute atomic E-state index is 12.6. The van der Waals surface area contributed by atoms with Crippen LogP contribution in [0.5, 0.6) is 5.75 Å². The van der Waals surface area contributed by atoms with E-state index in [9.17, 15) is 4.79 Å². The molecule has 0 aromatic heterocycles. The maximum atomic E-state index is 12.6. The van der Waals surface area contributed by atoms with Crippen LogP contribution in [-0.2, 0) is 20.7 Å².